The minimum Gasteiger partial charge on any atom is -0.462 e. The van der Waals surface area contributed by atoms with Gasteiger partial charge in [-0.3, -0.25) is 19.7 Å². The molecule has 1 heterocycles. The van der Waals surface area contributed by atoms with Crippen molar-refractivity contribution in [3.8, 4) is 0 Å². The Morgan fingerprint density at radius 2 is 1.71 bits per heavy atom. The molecule has 0 amide bonds. The van der Waals surface area contributed by atoms with Gasteiger partial charge in [-0.2, -0.15) is 0 Å². The molecule has 0 unspecified atom stereocenters. The zero-order chi connectivity index (χ0) is 20.8. The van der Waals surface area contributed by atoms with Gasteiger partial charge in [0.25, 0.3) is 5.69 Å². The van der Waals surface area contributed by atoms with E-state index in [4.69, 9.17) is 9.47 Å². The molecule has 1 aromatic carbocycles. The minimum atomic E-state index is -0.787. The number of ketones is 1. The summed E-state index contributed by atoms with van der Waals surface area (Å²) in [6, 6.07) is 5.79. The Labute approximate surface area is 160 Å². The van der Waals surface area contributed by atoms with E-state index in [-0.39, 0.29) is 35.4 Å². The maximum absolute atomic E-state index is 12.5. The highest BCUT2D eigenvalue weighted by molar-refractivity contribution is 6.09. The number of para-hydroxylation sites is 1. The Kier molecular flexibility index (Phi) is 6.64. The molecular formula is C19H20N2O7. The average Bonchev–Trinajstić information content (AvgIpc) is 2.94. The van der Waals surface area contributed by atoms with Gasteiger partial charge in [0.1, 0.15) is 0 Å². The molecule has 0 aliphatic heterocycles. The van der Waals surface area contributed by atoms with Crippen LogP contribution in [-0.4, -0.2) is 40.8 Å². The number of carbonyl (C=O) groups excluding carboxylic acids is 3. The topological polar surface area (TPSA) is 129 Å². The van der Waals surface area contributed by atoms with Crippen molar-refractivity contribution in [2.75, 3.05) is 13.2 Å². The van der Waals surface area contributed by atoms with Gasteiger partial charge in [-0.25, -0.2) is 4.79 Å². The molecule has 9 heteroatoms. The lowest BCUT2D eigenvalue weighted by Crippen LogP contribution is -2.19. The summed E-state index contributed by atoms with van der Waals surface area (Å²) in [5.74, 6) is -2.00. The molecule has 0 radical (unpaired) electrons. The number of esters is 2. The fraction of sp³-hybridized carbons (Fsp3) is 0.316. The minimum absolute atomic E-state index is 0.106. The number of hydrogen-bond donors (Lipinski definition) is 1. The lowest BCUT2D eigenvalue weighted by atomic mass is 10.1. The SMILES string of the molecule is CCOC(=O)c1c(C)[nH]c(C)c1C(=O)COC(=O)Cc1ccccc1[N+](=O)[O-]. The van der Waals surface area contributed by atoms with Gasteiger partial charge in [0, 0.05) is 23.0 Å². The van der Waals surface area contributed by atoms with Gasteiger partial charge in [0.15, 0.2) is 6.61 Å². The van der Waals surface area contributed by atoms with E-state index in [0.29, 0.717) is 11.4 Å². The number of nitro groups is 1. The number of rotatable bonds is 8. The van der Waals surface area contributed by atoms with Gasteiger partial charge in [0.05, 0.1) is 29.1 Å². The fourth-order valence-corrected chi connectivity index (χ4v) is 2.85. The monoisotopic (exact) mass is 388 g/mol. The second-order valence-electron chi connectivity index (χ2n) is 5.99. The normalized spacial score (nSPS) is 10.4. The van der Waals surface area contributed by atoms with Crippen LogP contribution in [0.5, 0.6) is 0 Å². The van der Waals surface area contributed by atoms with Gasteiger partial charge in [-0.1, -0.05) is 18.2 Å². The molecule has 9 nitrogen and oxygen atoms in total. The number of aromatic nitrogens is 1. The van der Waals surface area contributed by atoms with E-state index in [0.717, 1.165) is 0 Å². The van der Waals surface area contributed by atoms with Crippen LogP contribution in [0.25, 0.3) is 0 Å². The summed E-state index contributed by atoms with van der Waals surface area (Å²) in [5.41, 5.74) is 1.14. The molecular weight excluding hydrogens is 368 g/mol. The molecule has 28 heavy (non-hydrogen) atoms. The highest BCUT2D eigenvalue weighted by Crippen LogP contribution is 2.21. The highest BCUT2D eigenvalue weighted by atomic mass is 16.6. The fourth-order valence-electron chi connectivity index (χ4n) is 2.85. The second-order valence-corrected chi connectivity index (χ2v) is 5.99. The summed E-state index contributed by atoms with van der Waals surface area (Å²) in [5, 5.41) is 11.0. The van der Waals surface area contributed by atoms with Crippen molar-refractivity contribution in [2.45, 2.75) is 27.2 Å². The number of aryl methyl sites for hydroxylation is 2. The van der Waals surface area contributed by atoms with Gasteiger partial charge in [-0.15, -0.1) is 0 Å². The third-order valence-electron chi connectivity index (χ3n) is 4.02. The Morgan fingerprint density at radius 1 is 1.07 bits per heavy atom. The van der Waals surface area contributed by atoms with Gasteiger partial charge in [0.2, 0.25) is 5.78 Å². The Bertz CT molecular complexity index is 930. The van der Waals surface area contributed by atoms with Crippen molar-refractivity contribution >= 4 is 23.4 Å². The maximum atomic E-state index is 12.5. The standard InChI is InChI=1S/C19H20N2O7/c1-4-27-19(24)18-12(3)20-11(2)17(18)15(22)10-28-16(23)9-13-7-5-6-8-14(13)21(25)26/h5-8,20H,4,9-10H2,1-3H3. The van der Waals surface area contributed by atoms with Crippen LogP contribution in [0.4, 0.5) is 5.69 Å². The van der Waals surface area contributed by atoms with E-state index in [1.807, 2.05) is 0 Å². The first-order valence-electron chi connectivity index (χ1n) is 8.53. The van der Waals surface area contributed by atoms with Crippen molar-refractivity contribution < 1.29 is 28.8 Å². The summed E-state index contributed by atoms with van der Waals surface area (Å²) in [7, 11) is 0. The first-order valence-corrected chi connectivity index (χ1v) is 8.53. The van der Waals surface area contributed by atoms with Crippen LogP contribution in [0, 0.1) is 24.0 Å². The van der Waals surface area contributed by atoms with Crippen LogP contribution in [0.15, 0.2) is 24.3 Å². The van der Waals surface area contributed by atoms with E-state index in [1.54, 1.807) is 26.8 Å². The molecule has 2 rings (SSSR count). The van der Waals surface area contributed by atoms with E-state index in [2.05, 4.69) is 4.98 Å². The molecule has 0 saturated heterocycles. The van der Waals surface area contributed by atoms with Crippen LogP contribution in [0.2, 0.25) is 0 Å². The molecule has 0 bridgehead atoms. The van der Waals surface area contributed by atoms with Crippen molar-refractivity contribution in [3.05, 3.63) is 62.5 Å². The molecule has 2 aromatic rings. The Hall–Kier alpha value is -3.49. The smallest absolute Gasteiger partial charge is 0.340 e. The molecule has 0 aliphatic carbocycles. The number of carbonyl (C=O) groups is 3. The zero-order valence-electron chi connectivity index (χ0n) is 15.7. The van der Waals surface area contributed by atoms with Crippen LogP contribution in [0.3, 0.4) is 0 Å². The van der Waals surface area contributed by atoms with Crippen molar-refractivity contribution in [1.82, 2.24) is 4.98 Å². The van der Waals surface area contributed by atoms with Crippen molar-refractivity contribution in [1.29, 1.82) is 0 Å². The first-order chi connectivity index (χ1) is 13.3. The number of ether oxygens (including phenoxy) is 2. The van der Waals surface area contributed by atoms with Crippen LogP contribution >= 0.6 is 0 Å². The second kappa shape index (κ2) is 8.94. The lowest BCUT2D eigenvalue weighted by Gasteiger charge is -2.07. The summed E-state index contributed by atoms with van der Waals surface area (Å²) in [6.07, 6.45) is -0.347. The predicted molar refractivity (Wildman–Crippen MR) is 98.3 cm³/mol. The number of nitrogens with zero attached hydrogens (tertiary/aromatic N) is 1. The molecule has 0 aliphatic rings. The lowest BCUT2D eigenvalue weighted by molar-refractivity contribution is -0.385. The molecule has 1 N–H and O–H groups in total. The third kappa shape index (κ3) is 4.61. The quantitative estimate of drug-likeness (QED) is 0.318. The van der Waals surface area contributed by atoms with Gasteiger partial charge in [-0.05, 0) is 20.8 Å². The van der Waals surface area contributed by atoms with Crippen molar-refractivity contribution in [2.24, 2.45) is 0 Å². The number of nitro benzene ring substituents is 1. The van der Waals surface area contributed by atoms with E-state index < -0.39 is 29.3 Å². The average molecular weight is 388 g/mol. The predicted octanol–water partition coefficient (Wildman–Crippen LogP) is 2.69. The number of hydrogen-bond acceptors (Lipinski definition) is 7. The van der Waals surface area contributed by atoms with Crippen molar-refractivity contribution in [3.63, 3.8) is 0 Å². The molecule has 0 saturated carbocycles. The summed E-state index contributed by atoms with van der Waals surface area (Å²) < 4.78 is 9.95. The van der Waals surface area contributed by atoms with Crippen LogP contribution < -0.4 is 0 Å². The number of benzene rings is 1. The van der Waals surface area contributed by atoms with Crippen LogP contribution in [0.1, 0.15) is 44.6 Å². The molecule has 0 fully saturated rings. The number of H-pyrrole nitrogens is 1. The Morgan fingerprint density at radius 3 is 2.36 bits per heavy atom. The number of aromatic amines is 1. The molecule has 0 spiro atoms. The molecule has 1 aromatic heterocycles. The zero-order valence-corrected chi connectivity index (χ0v) is 15.7. The van der Waals surface area contributed by atoms with E-state index in [9.17, 15) is 24.5 Å². The summed E-state index contributed by atoms with van der Waals surface area (Å²) >= 11 is 0. The Balaban J connectivity index is 2.10. The summed E-state index contributed by atoms with van der Waals surface area (Å²) in [4.78, 5) is 50.0. The third-order valence-corrected chi connectivity index (χ3v) is 4.02. The number of nitrogens with one attached hydrogen (secondary N) is 1. The maximum Gasteiger partial charge on any atom is 0.340 e. The van der Waals surface area contributed by atoms with Gasteiger partial charge >= 0.3 is 11.9 Å². The van der Waals surface area contributed by atoms with Gasteiger partial charge < -0.3 is 14.5 Å². The number of Topliss-reactive ketones (excluding diaryl/α,β-unsaturated/α-hetero) is 1. The molecule has 148 valence electrons. The van der Waals surface area contributed by atoms with E-state index >= 15 is 0 Å². The first kappa shape index (κ1) is 20.8. The van der Waals surface area contributed by atoms with E-state index in [1.165, 1.54) is 18.2 Å². The van der Waals surface area contributed by atoms with Crippen LogP contribution in [-0.2, 0) is 20.7 Å². The largest absolute Gasteiger partial charge is 0.462 e. The molecule has 0 atom stereocenters. The highest BCUT2D eigenvalue weighted by Gasteiger charge is 2.26. The summed E-state index contributed by atoms with van der Waals surface area (Å²) in [6.45, 7) is 4.47.